The van der Waals surface area contributed by atoms with Gasteiger partial charge < -0.3 is 10.3 Å². The third-order valence-corrected chi connectivity index (χ3v) is 5.01. The van der Waals surface area contributed by atoms with E-state index in [1.807, 2.05) is 0 Å². The minimum Gasteiger partial charge on any atom is -0.388 e. The molecule has 0 fully saturated rings. The first-order valence-electron chi connectivity index (χ1n) is 6.01. The van der Waals surface area contributed by atoms with E-state index in [4.69, 9.17) is 18.0 Å². The number of nitrogens with zero attached hydrogens (tertiary/aromatic N) is 4. The second-order valence-corrected chi connectivity index (χ2v) is 6.88. The molecule has 0 saturated heterocycles. The van der Waals surface area contributed by atoms with Gasteiger partial charge in [0.1, 0.15) is 21.4 Å². The zero-order valence-corrected chi connectivity index (χ0v) is 13.2. The molecule has 0 aromatic carbocycles. The number of nitrogens with two attached hydrogens (primary N) is 1. The van der Waals surface area contributed by atoms with Crippen molar-refractivity contribution in [1.82, 2.24) is 18.8 Å². The topological polar surface area (TPSA) is 94.1 Å². The van der Waals surface area contributed by atoms with Gasteiger partial charge in [0, 0.05) is 32.7 Å². The zero-order valence-electron chi connectivity index (χ0n) is 11.6. The van der Waals surface area contributed by atoms with Gasteiger partial charge in [-0.1, -0.05) is 12.2 Å². The number of imidazole rings is 1. The second kappa shape index (κ2) is 5.88. The van der Waals surface area contributed by atoms with Crippen molar-refractivity contribution in [3.05, 3.63) is 42.2 Å². The first-order valence-corrected chi connectivity index (χ1v) is 7.86. The highest BCUT2D eigenvalue weighted by Gasteiger charge is 2.26. The number of hydrogen-bond acceptors (Lipinski definition) is 5. The fourth-order valence-electron chi connectivity index (χ4n) is 1.78. The lowest BCUT2D eigenvalue weighted by Crippen LogP contribution is -2.30. The van der Waals surface area contributed by atoms with E-state index in [1.54, 1.807) is 24.0 Å². The molecule has 0 atom stereocenters. The molecule has 21 heavy (non-hydrogen) atoms. The summed E-state index contributed by atoms with van der Waals surface area (Å²) < 4.78 is 28.2. The fraction of sp³-hybridized carbons (Fsp3) is 0.250. The van der Waals surface area contributed by atoms with E-state index in [-0.39, 0.29) is 22.1 Å². The molecule has 0 spiro atoms. The van der Waals surface area contributed by atoms with Gasteiger partial charge in [-0.25, -0.2) is 13.4 Å². The maximum Gasteiger partial charge on any atom is 0.245 e. The Hall–Kier alpha value is -1.84. The van der Waals surface area contributed by atoms with Crippen LogP contribution in [0.3, 0.4) is 0 Å². The van der Waals surface area contributed by atoms with Gasteiger partial charge >= 0.3 is 0 Å². The van der Waals surface area contributed by atoms with Gasteiger partial charge in [-0.15, -0.1) is 0 Å². The fourth-order valence-corrected chi connectivity index (χ4v) is 3.29. The summed E-state index contributed by atoms with van der Waals surface area (Å²) in [7, 11) is -0.486. The van der Waals surface area contributed by atoms with Crippen LogP contribution < -0.4 is 5.73 Å². The Morgan fingerprint density at radius 1 is 1.43 bits per heavy atom. The molecule has 0 radical (unpaired) electrons. The van der Waals surface area contributed by atoms with Crippen LogP contribution in [0.15, 0.2) is 35.6 Å². The number of thiocarbonyl (C=S) groups is 1. The van der Waals surface area contributed by atoms with Crippen LogP contribution in [0, 0.1) is 0 Å². The van der Waals surface area contributed by atoms with Crippen LogP contribution in [-0.2, 0) is 23.6 Å². The summed E-state index contributed by atoms with van der Waals surface area (Å²) in [5.74, 6) is 0.627. The Balaban J connectivity index is 2.38. The van der Waals surface area contributed by atoms with Gasteiger partial charge in [0.05, 0.1) is 6.54 Å². The Morgan fingerprint density at radius 3 is 2.71 bits per heavy atom. The average Bonchev–Trinajstić information content (AvgIpc) is 2.84. The Kier molecular flexibility index (Phi) is 4.35. The van der Waals surface area contributed by atoms with Crippen molar-refractivity contribution < 1.29 is 8.42 Å². The molecule has 0 aliphatic heterocycles. The van der Waals surface area contributed by atoms with E-state index in [1.165, 1.54) is 29.7 Å². The smallest absolute Gasteiger partial charge is 0.245 e. The van der Waals surface area contributed by atoms with Crippen molar-refractivity contribution >= 4 is 27.2 Å². The minimum absolute atomic E-state index is 0.00536. The van der Waals surface area contributed by atoms with Gasteiger partial charge in [0.25, 0.3) is 0 Å². The molecule has 2 rings (SSSR count). The lowest BCUT2D eigenvalue weighted by molar-refractivity contribution is 0.451. The van der Waals surface area contributed by atoms with E-state index in [0.29, 0.717) is 5.82 Å². The van der Waals surface area contributed by atoms with Crippen molar-refractivity contribution in [2.24, 2.45) is 12.8 Å². The number of aryl methyl sites for hydroxylation is 1. The predicted molar refractivity (Wildman–Crippen MR) is 82.0 cm³/mol. The number of rotatable bonds is 5. The van der Waals surface area contributed by atoms with Crippen LogP contribution in [0.5, 0.6) is 0 Å². The summed E-state index contributed by atoms with van der Waals surface area (Å²) in [5, 5.41) is 0. The molecule has 0 aliphatic carbocycles. The predicted octanol–water partition coefficient (Wildman–Crippen LogP) is 0.270. The van der Waals surface area contributed by atoms with Crippen LogP contribution in [-0.4, -0.2) is 39.3 Å². The third-order valence-electron chi connectivity index (χ3n) is 2.98. The van der Waals surface area contributed by atoms with Crippen molar-refractivity contribution in [2.75, 3.05) is 7.05 Å². The highest BCUT2D eigenvalue weighted by atomic mass is 32.2. The van der Waals surface area contributed by atoms with Crippen molar-refractivity contribution in [2.45, 2.75) is 11.4 Å². The van der Waals surface area contributed by atoms with Crippen LogP contribution >= 0.6 is 12.2 Å². The van der Waals surface area contributed by atoms with Gasteiger partial charge in [-0.3, -0.25) is 4.98 Å². The molecule has 0 amide bonds. The van der Waals surface area contributed by atoms with Crippen molar-refractivity contribution in [3.63, 3.8) is 0 Å². The maximum atomic E-state index is 12.6. The lowest BCUT2D eigenvalue weighted by Gasteiger charge is -2.18. The number of sulfonamides is 1. The molecule has 2 N–H and O–H groups in total. The molecule has 0 aliphatic rings. The lowest BCUT2D eigenvalue weighted by atomic mass is 10.3. The van der Waals surface area contributed by atoms with Crippen molar-refractivity contribution in [3.8, 4) is 0 Å². The van der Waals surface area contributed by atoms with Crippen LogP contribution in [0.4, 0.5) is 0 Å². The molecule has 112 valence electrons. The summed E-state index contributed by atoms with van der Waals surface area (Å²) in [6.45, 7) is 0.136. The highest BCUT2D eigenvalue weighted by molar-refractivity contribution is 7.89. The first-order chi connectivity index (χ1) is 9.84. The zero-order chi connectivity index (χ0) is 15.6. The SMILES string of the molecule is CN(Cc1nccn1C)S(=O)(=O)c1cccnc1C(N)=S. The van der Waals surface area contributed by atoms with E-state index < -0.39 is 10.0 Å². The van der Waals surface area contributed by atoms with Gasteiger partial charge in [-0.2, -0.15) is 4.31 Å². The summed E-state index contributed by atoms with van der Waals surface area (Å²) in [6, 6.07) is 2.97. The second-order valence-electron chi connectivity index (χ2n) is 4.43. The number of pyridine rings is 1. The monoisotopic (exact) mass is 325 g/mol. The standard InChI is InChI=1S/C12H15N5O2S2/c1-16-7-6-14-10(16)8-17(2)21(18,19)9-4-3-5-15-11(9)12(13)20/h3-7H,8H2,1-2H3,(H2,13,20). The van der Waals surface area contributed by atoms with Crippen LogP contribution in [0.25, 0.3) is 0 Å². The van der Waals surface area contributed by atoms with E-state index in [0.717, 1.165) is 0 Å². The Labute approximate surface area is 128 Å². The van der Waals surface area contributed by atoms with Crippen LogP contribution in [0.1, 0.15) is 11.5 Å². The minimum atomic E-state index is -3.76. The molecule has 9 heteroatoms. The van der Waals surface area contributed by atoms with E-state index in [2.05, 4.69) is 9.97 Å². The largest absolute Gasteiger partial charge is 0.388 e. The molecule has 0 saturated carbocycles. The van der Waals surface area contributed by atoms with Gasteiger partial charge in [-0.05, 0) is 12.1 Å². The quantitative estimate of drug-likeness (QED) is 0.793. The molecule has 2 heterocycles. The number of aromatic nitrogens is 3. The van der Waals surface area contributed by atoms with E-state index >= 15 is 0 Å². The van der Waals surface area contributed by atoms with Gasteiger partial charge in [0.2, 0.25) is 10.0 Å². The van der Waals surface area contributed by atoms with Crippen molar-refractivity contribution in [1.29, 1.82) is 0 Å². The molecule has 7 nitrogen and oxygen atoms in total. The average molecular weight is 325 g/mol. The summed E-state index contributed by atoms with van der Waals surface area (Å²) in [4.78, 5) is 8.00. The summed E-state index contributed by atoms with van der Waals surface area (Å²) >= 11 is 4.86. The molecule has 0 bridgehead atoms. The molecule has 2 aromatic rings. The molecule has 0 unspecified atom stereocenters. The molecular formula is C12H15N5O2S2. The maximum absolute atomic E-state index is 12.6. The first kappa shape index (κ1) is 15.5. The third kappa shape index (κ3) is 3.09. The van der Waals surface area contributed by atoms with Gasteiger partial charge in [0.15, 0.2) is 0 Å². The molecular weight excluding hydrogens is 310 g/mol. The number of hydrogen-bond donors (Lipinski definition) is 1. The Morgan fingerprint density at radius 2 is 2.14 bits per heavy atom. The molecule has 2 aromatic heterocycles. The van der Waals surface area contributed by atoms with Crippen LogP contribution in [0.2, 0.25) is 0 Å². The summed E-state index contributed by atoms with van der Waals surface area (Å²) in [5.41, 5.74) is 5.64. The summed E-state index contributed by atoms with van der Waals surface area (Å²) in [6.07, 6.45) is 4.81. The highest BCUT2D eigenvalue weighted by Crippen LogP contribution is 2.18. The Bertz CT molecular complexity index is 769. The van der Waals surface area contributed by atoms with E-state index in [9.17, 15) is 8.42 Å². The normalized spacial score (nSPS) is 11.8.